The number of anilines is 1. The van der Waals surface area contributed by atoms with Gasteiger partial charge in [-0.3, -0.25) is 9.78 Å². The Kier molecular flexibility index (Phi) is 7.42. The average molecular weight is 518 g/mol. The maximum atomic E-state index is 13.4. The molecule has 5 N–H and O–H groups in total. The summed E-state index contributed by atoms with van der Waals surface area (Å²) in [4.78, 5) is 28.9. The number of aromatic nitrogens is 3. The van der Waals surface area contributed by atoms with E-state index in [2.05, 4.69) is 32.1 Å². The predicted molar refractivity (Wildman–Crippen MR) is 140 cm³/mol. The number of amides is 2. The topological polar surface area (TPSA) is 165 Å². The van der Waals surface area contributed by atoms with Crippen LogP contribution in [0.5, 0.6) is 0 Å². The lowest BCUT2D eigenvalue weighted by molar-refractivity contribution is 0.0923. The smallest absolute Gasteiger partial charge is 0.404 e. The minimum absolute atomic E-state index is 0.0263. The summed E-state index contributed by atoms with van der Waals surface area (Å²) in [6.07, 6.45) is 7.55. The van der Waals surface area contributed by atoms with Gasteiger partial charge in [0, 0.05) is 24.3 Å². The fourth-order valence-corrected chi connectivity index (χ4v) is 5.48. The van der Waals surface area contributed by atoms with E-state index in [1.54, 1.807) is 16.8 Å². The Morgan fingerprint density at radius 2 is 1.76 bits per heavy atom. The molecule has 5 rings (SSSR count). The van der Waals surface area contributed by atoms with Crippen molar-refractivity contribution in [1.29, 1.82) is 5.26 Å². The van der Waals surface area contributed by atoms with Crippen LogP contribution < -0.4 is 16.0 Å². The van der Waals surface area contributed by atoms with Crippen LogP contribution in [0.1, 0.15) is 67.3 Å². The first kappa shape index (κ1) is 25.5. The fourth-order valence-electron chi connectivity index (χ4n) is 5.48. The molecular formula is C27H31N7O4. The lowest BCUT2D eigenvalue weighted by Gasteiger charge is -2.30. The van der Waals surface area contributed by atoms with Crippen molar-refractivity contribution in [3.8, 4) is 17.5 Å². The van der Waals surface area contributed by atoms with Gasteiger partial charge in [-0.15, -0.1) is 0 Å². The van der Waals surface area contributed by atoms with E-state index >= 15 is 0 Å². The molecule has 0 radical (unpaired) electrons. The molecule has 0 aromatic carbocycles. The zero-order valence-electron chi connectivity index (χ0n) is 20.9. The van der Waals surface area contributed by atoms with Gasteiger partial charge in [0.1, 0.15) is 6.07 Å². The van der Waals surface area contributed by atoms with Crippen LogP contribution in [0.25, 0.3) is 16.9 Å². The van der Waals surface area contributed by atoms with Crippen LogP contribution in [0, 0.1) is 11.3 Å². The van der Waals surface area contributed by atoms with E-state index in [1.807, 2.05) is 18.2 Å². The summed E-state index contributed by atoms with van der Waals surface area (Å²) in [5.41, 5.74) is 3.63. The van der Waals surface area contributed by atoms with Crippen LogP contribution in [0.2, 0.25) is 0 Å². The van der Waals surface area contributed by atoms with E-state index < -0.39 is 6.09 Å². The van der Waals surface area contributed by atoms with Crippen LogP contribution in [-0.2, 0) is 0 Å². The molecule has 2 saturated carbocycles. The van der Waals surface area contributed by atoms with Gasteiger partial charge in [0.25, 0.3) is 5.91 Å². The number of carboxylic acid groups (broad SMARTS) is 1. The van der Waals surface area contributed by atoms with E-state index in [0.29, 0.717) is 54.6 Å². The first-order valence-electron chi connectivity index (χ1n) is 13.0. The van der Waals surface area contributed by atoms with E-state index in [9.17, 15) is 20.0 Å². The molecule has 38 heavy (non-hydrogen) atoms. The number of fused-ring (bicyclic) bond motifs is 1. The molecule has 0 unspecified atom stereocenters. The van der Waals surface area contributed by atoms with Crippen molar-refractivity contribution in [3.63, 3.8) is 0 Å². The normalized spacial score (nSPS) is 23.4. The molecule has 2 aliphatic rings. The molecule has 2 aliphatic carbocycles. The van der Waals surface area contributed by atoms with E-state index in [-0.39, 0.29) is 30.1 Å². The van der Waals surface area contributed by atoms with Gasteiger partial charge in [-0.1, -0.05) is 0 Å². The molecule has 0 saturated heterocycles. The van der Waals surface area contributed by atoms with Crippen molar-refractivity contribution in [2.75, 3.05) is 5.32 Å². The molecule has 11 heteroatoms. The van der Waals surface area contributed by atoms with E-state index in [0.717, 1.165) is 30.5 Å². The van der Waals surface area contributed by atoms with Gasteiger partial charge in [0.15, 0.2) is 0 Å². The van der Waals surface area contributed by atoms with Crippen LogP contribution >= 0.6 is 0 Å². The Hall–Kier alpha value is -4.17. The third-order valence-electron chi connectivity index (χ3n) is 7.44. The molecule has 2 amide bonds. The second kappa shape index (κ2) is 11.1. The average Bonchev–Trinajstić information content (AvgIpc) is 3.33. The molecule has 2 fully saturated rings. The maximum absolute atomic E-state index is 13.4. The van der Waals surface area contributed by atoms with Crippen LogP contribution in [0.4, 0.5) is 10.5 Å². The van der Waals surface area contributed by atoms with Crippen molar-refractivity contribution in [2.24, 2.45) is 0 Å². The van der Waals surface area contributed by atoms with Crippen LogP contribution in [0.15, 0.2) is 36.7 Å². The highest BCUT2D eigenvalue weighted by molar-refractivity contribution is 6.00. The molecule has 3 aromatic heterocycles. The van der Waals surface area contributed by atoms with Gasteiger partial charge in [0.2, 0.25) is 0 Å². The van der Waals surface area contributed by atoms with Crippen molar-refractivity contribution in [2.45, 2.75) is 75.6 Å². The number of pyridine rings is 1. The summed E-state index contributed by atoms with van der Waals surface area (Å²) in [5.74, 6) is -0.241. The zero-order chi connectivity index (χ0) is 26.6. The monoisotopic (exact) mass is 517 g/mol. The second-order valence-electron chi connectivity index (χ2n) is 10.2. The number of rotatable bonds is 6. The summed E-state index contributed by atoms with van der Waals surface area (Å²) in [6.45, 7) is 0. The molecule has 0 bridgehead atoms. The largest absolute Gasteiger partial charge is 0.465 e. The molecule has 198 valence electrons. The quantitative estimate of drug-likeness (QED) is 0.332. The number of carbonyl (C=O) groups excluding carboxylic acids is 1. The lowest BCUT2D eigenvalue weighted by Crippen LogP contribution is -2.43. The number of nitrogens with zero attached hydrogens (tertiary/aromatic N) is 4. The number of hydrogen-bond acceptors (Lipinski definition) is 7. The summed E-state index contributed by atoms with van der Waals surface area (Å²) >= 11 is 0. The number of aliphatic hydroxyl groups is 1. The van der Waals surface area contributed by atoms with Crippen molar-refractivity contribution in [1.82, 2.24) is 25.2 Å². The number of nitrogens with one attached hydrogen (secondary N) is 3. The Bertz CT molecular complexity index is 1370. The van der Waals surface area contributed by atoms with E-state index in [1.165, 1.54) is 6.20 Å². The summed E-state index contributed by atoms with van der Waals surface area (Å²) in [7, 11) is 0. The van der Waals surface area contributed by atoms with Gasteiger partial charge < -0.3 is 26.2 Å². The van der Waals surface area contributed by atoms with Crippen molar-refractivity contribution < 1.29 is 19.8 Å². The van der Waals surface area contributed by atoms with Gasteiger partial charge in [-0.25, -0.2) is 9.31 Å². The Balaban J connectivity index is 1.39. The van der Waals surface area contributed by atoms with E-state index in [4.69, 9.17) is 5.11 Å². The number of carbonyl (C=O) groups is 2. The molecule has 0 spiro atoms. The van der Waals surface area contributed by atoms with Gasteiger partial charge >= 0.3 is 6.09 Å². The number of nitriles is 1. The van der Waals surface area contributed by atoms with Crippen LogP contribution in [0.3, 0.4) is 0 Å². The lowest BCUT2D eigenvalue weighted by atomic mass is 9.91. The molecule has 2 atom stereocenters. The highest BCUT2D eigenvalue weighted by atomic mass is 16.4. The fraction of sp³-hybridized carbons (Fsp3) is 0.444. The second-order valence-corrected chi connectivity index (χ2v) is 10.2. The highest BCUT2D eigenvalue weighted by Gasteiger charge is 2.26. The first-order valence-corrected chi connectivity index (χ1v) is 13.0. The SMILES string of the molecule is N#Cc1cnn2c(-c3cc(N[C@H]4CCC[C@@H](O)C4)c(C(=O)NC4CCC(NC(=O)O)CC4)cn3)ccc2c1. The molecule has 11 nitrogen and oxygen atoms in total. The summed E-state index contributed by atoms with van der Waals surface area (Å²) in [5, 5.41) is 41.8. The van der Waals surface area contributed by atoms with Gasteiger partial charge in [-0.2, -0.15) is 10.4 Å². The first-order chi connectivity index (χ1) is 18.4. The van der Waals surface area contributed by atoms with Gasteiger partial charge in [0.05, 0.1) is 46.0 Å². The Morgan fingerprint density at radius 1 is 1.00 bits per heavy atom. The highest BCUT2D eigenvalue weighted by Crippen LogP contribution is 2.29. The van der Waals surface area contributed by atoms with Crippen molar-refractivity contribution >= 4 is 23.2 Å². The summed E-state index contributed by atoms with van der Waals surface area (Å²) in [6, 6.07) is 9.31. The molecule has 0 aliphatic heterocycles. The van der Waals surface area contributed by atoms with Gasteiger partial charge in [-0.05, 0) is 75.6 Å². The minimum atomic E-state index is -1.02. The zero-order valence-corrected chi connectivity index (χ0v) is 20.9. The molecule has 3 aromatic rings. The minimum Gasteiger partial charge on any atom is -0.465 e. The predicted octanol–water partition coefficient (Wildman–Crippen LogP) is 3.29. The van der Waals surface area contributed by atoms with Crippen molar-refractivity contribution in [3.05, 3.63) is 47.8 Å². The third kappa shape index (κ3) is 5.70. The Labute approximate surface area is 219 Å². The Morgan fingerprint density at radius 3 is 2.47 bits per heavy atom. The standard InChI is InChI=1S/C27H31N7O4/c28-13-16-10-20-8-9-25(34(20)30-14-16)24-12-23(31-19-2-1-3-21(35)11-19)22(15-29-24)26(36)32-17-4-6-18(7-5-17)33-27(37)38/h8-10,12,14-15,17-19,21,33,35H,1-7,11H2,(H,29,31)(H,32,36)(H,37,38)/t17?,18?,19-,21+/m0/s1. The maximum Gasteiger partial charge on any atom is 0.404 e. The van der Waals surface area contributed by atoms with Crippen LogP contribution in [-0.4, -0.2) is 61.0 Å². The molecular weight excluding hydrogens is 486 g/mol. The molecule has 3 heterocycles. The number of hydrogen-bond donors (Lipinski definition) is 5. The summed E-state index contributed by atoms with van der Waals surface area (Å²) < 4.78 is 1.71. The number of aliphatic hydroxyl groups excluding tert-OH is 1. The third-order valence-corrected chi connectivity index (χ3v) is 7.44.